The molecule has 1 saturated carbocycles. The molecule has 0 amide bonds. The van der Waals surface area contributed by atoms with E-state index < -0.39 is 0 Å². The minimum absolute atomic E-state index is 0.322. The summed E-state index contributed by atoms with van der Waals surface area (Å²) in [7, 11) is 0. The van der Waals surface area contributed by atoms with E-state index in [-0.39, 0.29) is 5.82 Å². The summed E-state index contributed by atoms with van der Waals surface area (Å²) in [4.78, 5) is 0. The maximum absolute atomic E-state index is 14.4. The van der Waals surface area contributed by atoms with Crippen molar-refractivity contribution in [2.45, 2.75) is 36.2 Å². The molecule has 0 bridgehead atoms. The fraction of sp³-hybridized carbons (Fsp3) is 0.238. The third-order valence-corrected chi connectivity index (χ3v) is 5.70. The number of nitrogens with zero attached hydrogens (tertiary/aromatic N) is 5. The lowest BCUT2D eigenvalue weighted by molar-refractivity contribution is 0.466. The quantitative estimate of drug-likeness (QED) is 0.414. The molecule has 0 N–H and O–H groups in total. The van der Waals surface area contributed by atoms with Gasteiger partial charge in [-0.1, -0.05) is 54.2 Å². The van der Waals surface area contributed by atoms with Crippen LogP contribution in [0.25, 0.3) is 11.4 Å². The molecule has 5 rings (SSSR count). The Morgan fingerprint density at radius 1 is 0.966 bits per heavy atom. The zero-order chi connectivity index (χ0) is 19.6. The van der Waals surface area contributed by atoms with Gasteiger partial charge in [0, 0.05) is 5.92 Å². The van der Waals surface area contributed by atoms with Gasteiger partial charge in [-0.25, -0.2) is 4.39 Å². The van der Waals surface area contributed by atoms with Crippen LogP contribution in [0.2, 0.25) is 0 Å². The van der Waals surface area contributed by atoms with Crippen LogP contribution in [0.5, 0.6) is 0 Å². The number of halogens is 1. The summed E-state index contributed by atoms with van der Waals surface area (Å²) in [5.41, 5.74) is 1.51. The second-order valence-electron chi connectivity index (χ2n) is 6.95. The normalized spacial score (nSPS) is 13.7. The average Bonchev–Trinajstić information content (AvgIpc) is 3.36. The van der Waals surface area contributed by atoms with E-state index in [9.17, 15) is 4.39 Å². The minimum Gasteiger partial charge on any atom is -0.424 e. The zero-order valence-electron chi connectivity index (χ0n) is 15.5. The Balaban J connectivity index is 1.44. The van der Waals surface area contributed by atoms with Crippen LogP contribution >= 0.6 is 11.8 Å². The Kier molecular flexibility index (Phi) is 4.85. The fourth-order valence-corrected chi connectivity index (χ4v) is 3.87. The van der Waals surface area contributed by atoms with Crippen LogP contribution in [0.3, 0.4) is 0 Å². The highest BCUT2D eigenvalue weighted by Gasteiger charge is 2.29. The van der Waals surface area contributed by atoms with E-state index in [4.69, 9.17) is 4.42 Å². The van der Waals surface area contributed by atoms with E-state index >= 15 is 0 Å². The van der Waals surface area contributed by atoms with Crippen LogP contribution in [0.15, 0.2) is 64.2 Å². The van der Waals surface area contributed by atoms with E-state index in [1.165, 1.54) is 17.8 Å². The standard InChI is InChI=1S/C21H18FN5OS/c22-17-9-5-4-8-16(17)19-24-26-21(27(19)12-14-6-2-1-3-7-14)29-13-18-23-25-20(28-18)15-10-11-15/h1-9,15H,10-13H2. The summed E-state index contributed by atoms with van der Waals surface area (Å²) in [6.45, 7) is 0.539. The summed E-state index contributed by atoms with van der Waals surface area (Å²) < 4.78 is 22.1. The van der Waals surface area contributed by atoms with Crippen molar-refractivity contribution in [1.82, 2.24) is 25.0 Å². The lowest BCUT2D eigenvalue weighted by atomic mass is 10.2. The maximum Gasteiger partial charge on any atom is 0.226 e. The molecule has 0 unspecified atom stereocenters. The Labute approximate surface area is 171 Å². The predicted octanol–water partition coefficient (Wildman–Crippen LogP) is 4.69. The Morgan fingerprint density at radius 3 is 2.55 bits per heavy atom. The van der Waals surface area contributed by atoms with Gasteiger partial charge in [-0.2, -0.15) is 0 Å². The molecule has 1 aliphatic carbocycles. The van der Waals surface area contributed by atoms with Gasteiger partial charge in [-0.15, -0.1) is 20.4 Å². The maximum atomic E-state index is 14.4. The van der Waals surface area contributed by atoms with Gasteiger partial charge in [0.25, 0.3) is 0 Å². The summed E-state index contributed by atoms with van der Waals surface area (Å²) in [6, 6.07) is 16.6. The Morgan fingerprint density at radius 2 is 1.76 bits per heavy atom. The number of rotatable bonds is 7. The van der Waals surface area contributed by atoms with Gasteiger partial charge in [0.2, 0.25) is 11.8 Å². The summed E-state index contributed by atoms with van der Waals surface area (Å²) in [5.74, 6) is 2.38. The van der Waals surface area contributed by atoms with Crippen LogP contribution in [0.4, 0.5) is 4.39 Å². The van der Waals surface area contributed by atoms with E-state index in [0.29, 0.717) is 40.7 Å². The van der Waals surface area contributed by atoms with Crippen molar-refractivity contribution in [2.75, 3.05) is 0 Å². The lowest BCUT2D eigenvalue weighted by Gasteiger charge is -2.10. The largest absolute Gasteiger partial charge is 0.424 e. The molecular formula is C21H18FN5OS. The topological polar surface area (TPSA) is 69.6 Å². The third kappa shape index (κ3) is 3.93. The molecule has 0 aliphatic heterocycles. The molecule has 29 heavy (non-hydrogen) atoms. The van der Waals surface area contributed by atoms with Crippen molar-refractivity contribution in [3.8, 4) is 11.4 Å². The molecule has 2 aromatic carbocycles. The van der Waals surface area contributed by atoms with Crippen LogP contribution in [-0.4, -0.2) is 25.0 Å². The van der Waals surface area contributed by atoms with E-state index in [1.807, 2.05) is 34.9 Å². The number of benzene rings is 2. The first-order valence-electron chi connectivity index (χ1n) is 9.45. The van der Waals surface area contributed by atoms with Crippen molar-refractivity contribution in [2.24, 2.45) is 0 Å². The summed E-state index contributed by atoms with van der Waals surface area (Å²) in [5, 5.41) is 17.5. The van der Waals surface area contributed by atoms with Crippen molar-refractivity contribution in [3.05, 3.63) is 77.8 Å². The molecule has 1 fully saturated rings. The van der Waals surface area contributed by atoms with E-state index in [0.717, 1.165) is 24.3 Å². The minimum atomic E-state index is -0.322. The van der Waals surface area contributed by atoms with Crippen molar-refractivity contribution in [1.29, 1.82) is 0 Å². The van der Waals surface area contributed by atoms with Gasteiger partial charge >= 0.3 is 0 Å². The van der Waals surface area contributed by atoms with Gasteiger partial charge < -0.3 is 4.42 Å². The summed E-state index contributed by atoms with van der Waals surface area (Å²) in [6.07, 6.45) is 2.23. The molecule has 1 aliphatic rings. The second kappa shape index (κ2) is 7.79. The van der Waals surface area contributed by atoms with Gasteiger partial charge in [0.05, 0.1) is 17.9 Å². The molecule has 8 heteroatoms. The van der Waals surface area contributed by atoms with Crippen molar-refractivity contribution < 1.29 is 8.81 Å². The van der Waals surface area contributed by atoms with Crippen LogP contribution in [0, 0.1) is 5.82 Å². The van der Waals surface area contributed by atoms with Crippen molar-refractivity contribution in [3.63, 3.8) is 0 Å². The molecule has 2 aromatic heterocycles. The van der Waals surface area contributed by atoms with Crippen LogP contribution in [-0.2, 0) is 12.3 Å². The number of hydrogen-bond donors (Lipinski definition) is 0. The monoisotopic (exact) mass is 407 g/mol. The number of hydrogen-bond acceptors (Lipinski definition) is 6. The highest BCUT2D eigenvalue weighted by atomic mass is 32.2. The van der Waals surface area contributed by atoms with Crippen molar-refractivity contribution >= 4 is 11.8 Å². The van der Waals surface area contributed by atoms with Crippen LogP contribution < -0.4 is 0 Å². The van der Waals surface area contributed by atoms with Gasteiger partial charge in [0.15, 0.2) is 11.0 Å². The van der Waals surface area contributed by atoms with E-state index in [1.54, 1.807) is 18.2 Å². The summed E-state index contributed by atoms with van der Waals surface area (Å²) >= 11 is 1.46. The molecule has 6 nitrogen and oxygen atoms in total. The zero-order valence-corrected chi connectivity index (χ0v) is 16.3. The SMILES string of the molecule is Fc1ccccc1-c1nnc(SCc2nnc(C3CC3)o2)n1Cc1ccccc1. The molecular weight excluding hydrogens is 389 g/mol. The molecule has 0 saturated heterocycles. The Bertz CT molecular complexity index is 1120. The predicted molar refractivity (Wildman–Crippen MR) is 107 cm³/mol. The van der Waals surface area contributed by atoms with Gasteiger partial charge in [0.1, 0.15) is 5.82 Å². The van der Waals surface area contributed by atoms with Gasteiger partial charge in [-0.3, -0.25) is 4.57 Å². The third-order valence-electron chi connectivity index (χ3n) is 4.75. The molecule has 4 aromatic rings. The second-order valence-corrected chi connectivity index (χ2v) is 7.90. The first-order chi connectivity index (χ1) is 14.3. The number of aromatic nitrogens is 5. The van der Waals surface area contributed by atoms with Crippen LogP contribution in [0.1, 0.15) is 36.1 Å². The average molecular weight is 407 g/mol. The lowest BCUT2D eigenvalue weighted by Crippen LogP contribution is -2.05. The van der Waals surface area contributed by atoms with Gasteiger partial charge in [-0.05, 0) is 30.5 Å². The molecule has 146 valence electrons. The van der Waals surface area contributed by atoms with E-state index in [2.05, 4.69) is 20.4 Å². The fourth-order valence-electron chi connectivity index (χ4n) is 3.09. The first-order valence-corrected chi connectivity index (χ1v) is 10.4. The first kappa shape index (κ1) is 18.1. The smallest absolute Gasteiger partial charge is 0.226 e. The number of thioether (sulfide) groups is 1. The highest BCUT2D eigenvalue weighted by molar-refractivity contribution is 7.98. The highest BCUT2D eigenvalue weighted by Crippen LogP contribution is 2.39. The molecule has 2 heterocycles. The molecule has 0 spiro atoms. The Hall–Kier alpha value is -3.00. The molecule has 0 atom stereocenters. The molecule has 0 radical (unpaired) electrons.